The van der Waals surface area contributed by atoms with Crippen LogP contribution in [0.15, 0.2) is 24.3 Å². The third kappa shape index (κ3) is 1.61. The van der Waals surface area contributed by atoms with Crippen LogP contribution in [-0.2, 0) is 9.53 Å². The van der Waals surface area contributed by atoms with Crippen molar-refractivity contribution >= 4 is 11.7 Å². The Labute approximate surface area is 101 Å². The van der Waals surface area contributed by atoms with Crippen LogP contribution in [0.1, 0.15) is 24.8 Å². The van der Waals surface area contributed by atoms with Gasteiger partial charge in [-0.15, -0.1) is 0 Å². The van der Waals surface area contributed by atoms with E-state index in [1.807, 2.05) is 6.92 Å². The summed E-state index contributed by atoms with van der Waals surface area (Å²) in [6.07, 6.45) is 1.07. The van der Waals surface area contributed by atoms with Gasteiger partial charge < -0.3 is 9.64 Å². The minimum atomic E-state index is -0.0308. The lowest BCUT2D eigenvalue weighted by molar-refractivity contribution is -0.149. The number of anilines is 1. The summed E-state index contributed by atoms with van der Waals surface area (Å²) >= 11 is 0. The van der Waals surface area contributed by atoms with Crippen molar-refractivity contribution in [2.75, 3.05) is 24.6 Å². The molecule has 1 aromatic carbocycles. The molecule has 3 heterocycles. The van der Waals surface area contributed by atoms with Gasteiger partial charge in [0.2, 0.25) is 0 Å². The van der Waals surface area contributed by atoms with Crippen molar-refractivity contribution in [1.29, 1.82) is 0 Å². The maximum absolute atomic E-state index is 11.9. The molecule has 3 nitrogen and oxygen atoms in total. The van der Waals surface area contributed by atoms with Crippen LogP contribution in [0.2, 0.25) is 0 Å². The second kappa shape index (κ2) is 4.06. The Morgan fingerprint density at radius 3 is 3.12 bits per heavy atom. The summed E-state index contributed by atoms with van der Waals surface area (Å²) in [6.45, 7) is 4.23. The van der Waals surface area contributed by atoms with E-state index in [1.165, 1.54) is 11.3 Å². The number of hydrogen-bond acceptors (Lipinski definition) is 3. The van der Waals surface area contributed by atoms with Gasteiger partial charge in [-0.2, -0.15) is 0 Å². The Hall–Kier alpha value is -1.51. The van der Waals surface area contributed by atoms with Crippen molar-refractivity contribution in [2.45, 2.75) is 19.3 Å². The average molecular weight is 231 g/mol. The van der Waals surface area contributed by atoms with Crippen LogP contribution in [-0.4, -0.2) is 25.7 Å². The first-order valence-corrected chi connectivity index (χ1v) is 6.31. The molecule has 1 fully saturated rings. The smallest absolute Gasteiger partial charge is 0.311 e. The second-order valence-corrected chi connectivity index (χ2v) is 4.76. The summed E-state index contributed by atoms with van der Waals surface area (Å²) in [7, 11) is 0. The van der Waals surface area contributed by atoms with E-state index in [1.54, 1.807) is 0 Å². The number of para-hydroxylation sites is 1. The van der Waals surface area contributed by atoms with Crippen molar-refractivity contribution in [3.63, 3.8) is 0 Å². The normalized spacial score (nSPS) is 25.6. The van der Waals surface area contributed by atoms with Crippen LogP contribution in [0.4, 0.5) is 5.69 Å². The molecule has 3 aliphatic rings. The van der Waals surface area contributed by atoms with Crippen LogP contribution in [0, 0.1) is 5.92 Å². The largest absolute Gasteiger partial charge is 0.466 e. The van der Waals surface area contributed by atoms with Crippen molar-refractivity contribution < 1.29 is 9.53 Å². The number of benzene rings is 1. The van der Waals surface area contributed by atoms with E-state index < -0.39 is 0 Å². The Balaban J connectivity index is 1.93. The number of carbonyl (C=O) groups excluding carboxylic acids is 1. The lowest BCUT2D eigenvalue weighted by Crippen LogP contribution is -2.48. The fourth-order valence-electron chi connectivity index (χ4n) is 3.12. The zero-order valence-corrected chi connectivity index (χ0v) is 10.1. The van der Waals surface area contributed by atoms with Crippen molar-refractivity contribution in [1.82, 2.24) is 0 Å². The highest BCUT2D eigenvalue weighted by Crippen LogP contribution is 2.45. The molecule has 0 spiro atoms. The molecule has 1 aromatic rings. The van der Waals surface area contributed by atoms with E-state index in [-0.39, 0.29) is 11.9 Å². The number of ether oxygens (including phenoxy) is 1. The van der Waals surface area contributed by atoms with E-state index in [2.05, 4.69) is 29.2 Å². The molecular weight excluding hydrogens is 214 g/mol. The predicted molar refractivity (Wildman–Crippen MR) is 66.1 cm³/mol. The number of piperidine rings is 1. The lowest BCUT2D eigenvalue weighted by Gasteiger charge is -2.46. The molecule has 0 saturated carbocycles. The SMILES string of the molecule is CCOC(=O)C1CN2CCC1c1ccccc12. The van der Waals surface area contributed by atoms with Crippen molar-refractivity contribution in [3.8, 4) is 0 Å². The number of carbonyl (C=O) groups is 1. The van der Waals surface area contributed by atoms with E-state index in [9.17, 15) is 4.79 Å². The van der Waals surface area contributed by atoms with E-state index >= 15 is 0 Å². The van der Waals surface area contributed by atoms with E-state index in [0.29, 0.717) is 12.5 Å². The highest BCUT2D eigenvalue weighted by Gasteiger charge is 2.42. The van der Waals surface area contributed by atoms with Gasteiger partial charge in [-0.1, -0.05) is 18.2 Å². The Bertz CT molecular complexity index is 444. The van der Waals surface area contributed by atoms with Gasteiger partial charge in [0, 0.05) is 24.7 Å². The van der Waals surface area contributed by atoms with Crippen molar-refractivity contribution in [3.05, 3.63) is 29.8 Å². The van der Waals surface area contributed by atoms with Crippen LogP contribution in [0.3, 0.4) is 0 Å². The van der Waals surface area contributed by atoms with Crippen molar-refractivity contribution in [2.24, 2.45) is 5.92 Å². The maximum Gasteiger partial charge on any atom is 0.311 e. The maximum atomic E-state index is 11.9. The topological polar surface area (TPSA) is 29.5 Å². The molecule has 17 heavy (non-hydrogen) atoms. The van der Waals surface area contributed by atoms with E-state index in [0.717, 1.165) is 19.5 Å². The van der Waals surface area contributed by atoms with Crippen LogP contribution < -0.4 is 4.90 Å². The number of esters is 1. The Morgan fingerprint density at radius 1 is 1.47 bits per heavy atom. The molecule has 0 N–H and O–H groups in total. The highest BCUT2D eigenvalue weighted by atomic mass is 16.5. The molecule has 2 atom stereocenters. The number of hydrogen-bond donors (Lipinski definition) is 0. The Kier molecular flexibility index (Phi) is 2.54. The third-order valence-electron chi connectivity index (χ3n) is 3.88. The molecule has 90 valence electrons. The number of rotatable bonds is 2. The van der Waals surface area contributed by atoms with Gasteiger partial charge in [-0.25, -0.2) is 0 Å². The minimum absolute atomic E-state index is 0.0265. The molecule has 0 aliphatic carbocycles. The summed E-state index contributed by atoms with van der Waals surface area (Å²) in [5.41, 5.74) is 2.63. The molecular formula is C14H17NO2. The summed E-state index contributed by atoms with van der Waals surface area (Å²) in [5, 5.41) is 0. The van der Waals surface area contributed by atoms with Gasteiger partial charge in [0.1, 0.15) is 0 Å². The summed E-state index contributed by atoms with van der Waals surface area (Å²) in [5.74, 6) is 0.352. The average Bonchev–Trinajstić information content (AvgIpc) is 2.40. The first-order chi connectivity index (χ1) is 8.31. The summed E-state index contributed by atoms with van der Waals surface area (Å²) in [6, 6.07) is 8.43. The van der Waals surface area contributed by atoms with Crippen LogP contribution >= 0.6 is 0 Å². The molecule has 4 rings (SSSR count). The quantitative estimate of drug-likeness (QED) is 0.731. The predicted octanol–water partition coefficient (Wildman–Crippen LogP) is 2.17. The third-order valence-corrected chi connectivity index (χ3v) is 3.88. The van der Waals surface area contributed by atoms with Gasteiger partial charge in [-0.05, 0) is 25.0 Å². The standard InChI is InChI=1S/C14H17NO2/c1-2-17-14(16)12-9-15-8-7-10(12)11-5-3-4-6-13(11)15/h3-6,10,12H,2,7-9H2,1H3. The first-order valence-electron chi connectivity index (χ1n) is 6.31. The van der Waals surface area contributed by atoms with Gasteiger partial charge in [0.15, 0.2) is 0 Å². The molecule has 3 aliphatic heterocycles. The fourth-order valence-corrected chi connectivity index (χ4v) is 3.12. The first kappa shape index (κ1) is 10.6. The van der Waals surface area contributed by atoms with Crippen LogP contribution in [0.25, 0.3) is 0 Å². The fraction of sp³-hybridized carbons (Fsp3) is 0.500. The van der Waals surface area contributed by atoms with E-state index in [4.69, 9.17) is 4.74 Å². The van der Waals surface area contributed by atoms with Gasteiger partial charge >= 0.3 is 5.97 Å². The van der Waals surface area contributed by atoms with Gasteiger partial charge in [0.05, 0.1) is 12.5 Å². The molecule has 2 bridgehead atoms. The summed E-state index contributed by atoms with van der Waals surface area (Å²) in [4.78, 5) is 14.3. The van der Waals surface area contributed by atoms with Gasteiger partial charge in [-0.3, -0.25) is 4.79 Å². The lowest BCUT2D eigenvalue weighted by atomic mass is 9.75. The van der Waals surface area contributed by atoms with Crippen LogP contribution in [0.5, 0.6) is 0 Å². The molecule has 2 unspecified atom stereocenters. The highest BCUT2D eigenvalue weighted by molar-refractivity contribution is 5.78. The second-order valence-electron chi connectivity index (χ2n) is 4.76. The monoisotopic (exact) mass is 231 g/mol. The Morgan fingerprint density at radius 2 is 2.29 bits per heavy atom. The summed E-state index contributed by atoms with van der Waals surface area (Å²) < 4.78 is 5.18. The zero-order chi connectivity index (χ0) is 11.8. The zero-order valence-electron chi connectivity index (χ0n) is 10.1. The molecule has 0 aromatic heterocycles. The number of nitrogens with zero attached hydrogens (tertiary/aromatic N) is 1. The number of fused-ring (bicyclic) bond motifs is 2. The molecule has 0 radical (unpaired) electrons. The minimum Gasteiger partial charge on any atom is -0.466 e. The van der Waals surface area contributed by atoms with Gasteiger partial charge in [0.25, 0.3) is 0 Å². The molecule has 3 heteroatoms. The molecule has 0 amide bonds. The molecule has 1 saturated heterocycles.